The van der Waals surface area contributed by atoms with Crippen LogP contribution < -0.4 is 15.4 Å². The molecule has 1 aliphatic carbocycles. The van der Waals surface area contributed by atoms with E-state index in [1.165, 1.54) is 12.8 Å². The van der Waals surface area contributed by atoms with Crippen LogP contribution in [0.2, 0.25) is 0 Å². The molecule has 3 rings (SSSR count). The van der Waals surface area contributed by atoms with Crippen LogP contribution in [0, 0.1) is 5.92 Å². The molecule has 29 heavy (non-hydrogen) atoms. The summed E-state index contributed by atoms with van der Waals surface area (Å²) in [5, 5.41) is 6.69. The van der Waals surface area contributed by atoms with Crippen molar-refractivity contribution >= 4 is 5.96 Å². The molecule has 162 valence electrons. The van der Waals surface area contributed by atoms with Crippen LogP contribution in [0.25, 0.3) is 0 Å². The summed E-state index contributed by atoms with van der Waals surface area (Å²) in [5.74, 6) is 2.11. The minimum absolute atomic E-state index is 0.301. The Morgan fingerprint density at radius 1 is 1.28 bits per heavy atom. The number of hydrogen-bond donors (Lipinski definition) is 2. The van der Waals surface area contributed by atoms with Crippen LogP contribution in [0.4, 0.5) is 0 Å². The maximum atomic E-state index is 6.12. The highest BCUT2D eigenvalue weighted by Gasteiger charge is 2.18. The van der Waals surface area contributed by atoms with Gasteiger partial charge in [-0.3, -0.25) is 0 Å². The topological polar surface area (TPSA) is 77.0 Å². The van der Waals surface area contributed by atoms with E-state index in [1.807, 2.05) is 12.1 Å². The Morgan fingerprint density at radius 3 is 2.97 bits per heavy atom. The van der Waals surface area contributed by atoms with Crippen molar-refractivity contribution in [2.75, 3.05) is 39.5 Å². The molecule has 1 unspecified atom stereocenters. The third-order valence-corrected chi connectivity index (χ3v) is 5.32. The molecule has 0 spiro atoms. The Kier molecular flexibility index (Phi) is 9.53. The molecule has 1 aliphatic heterocycles. The fraction of sp³-hybridized carbons (Fsp3) is 0.727. The Balaban J connectivity index is 1.41. The number of nitrogens with one attached hydrogen (secondary N) is 2. The summed E-state index contributed by atoms with van der Waals surface area (Å²) in [7, 11) is 0. The SMILES string of the molecule is CCNC(=NCc1cccnc1OC1CCCC1)NCCCOCC1CCOC1. The molecule has 7 heteroatoms. The Bertz CT molecular complexity index is 614. The molecule has 0 amide bonds. The molecular formula is C22H36N4O3. The first kappa shape index (κ1) is 21.8. The summed E-state index contributed by atoms with van der Waals surface area (Å²) in [5.41, 5.74) is 1.03. The molecule has 0 bridgehead atoms. The Hall–Kier alpha value is -1.86. The zero-order valence-electron chi connectivity index (χ0n) is 17.7. The van der Waals surface area contributed by atoms with Crippen molar-refractivity contribution in [2.45, 2.75) is 58.1 Å². The van der Waals surface area contributed by atoms with E-state index >= 15 is 0 Å². The van der Waals surface area contributed by atoms with Gasteiger partial charge in [0.05, 0.1) is 19.8 Å². The number of guanidine groups is 1. The van der Waals surface area contributed by atoms with Gasteiger partial charge in [-0.2, -0.15) is 0 Å². The average Bonchev–Trinajstić information content (AvgIpc) is 3.44. The number of hydrogen-bond acceptors (Lipinski definition) is 5. The first-order valence-corrected chi connectivity index (χ1v) is 11.1. The van der Waals surface area contributed by atoms with E-state index in [2.05, 4.69) is 22.5 Å². The van der Waals surface area contributed by atoms with Gasteiger partial charge in [-0.1, -0.05) is 6.07 Å². The maximum absolute atomic E-state index is 6.12. The second-order valence-corrected chi connectivity index (χ2v) is 7.77. The molecule has 1 aromatic rings. The van der Waals surface area contributed by atoms with Gasteiger partial charge < -0.3 is 24.8 Å². The van der Waals surface area contributed by atoms with E-state index in [9.17, 15) is 0 Å². The number of nitrogens with zero attached hydrogens (tertiary/aromatic N) is 2. The lowest BCUT2D eigenvalue weighted by Gasteiger charge is -2.15. The molecule has 0 aromatic carbocycles. The predicted octanol–water partition coefficient (Wildman–Crippen LogP) is 2.90. The average molecular weight is 405 g/mol. The van der Waals surface area contributed by atoms with Crippen molar-refractivity contribution in [1.82, 2.24) is 15.6 Å². The lowest BCUT2D eigenvalue weighted by atomic mass is 10.1. The molecular weight excluding hydrogens is 368 g/mol. The van der Waals surface area contributed by atoms with E-state index in [-0.39, 0.29) is 0 Å². The van der Waals surface area contributed by atoms with Crippen LogP contribution in [0.1, 0.15) is 51.0 Å². The van der Waals surface area contributed by atoms with E-state index in [0.29, 0.717) is 18.6 Å². The maximum Gasteiger partial charge on any atom is 0.218 e. The zero-order chi connectivity index (χ0) is 20.2. The van der Waals surface area contributed by atoms with Gasteiger partial charge in [0.1, 0.15) is 6.10 Å². The highest BCUT2D eigenvalue weighted by Crippen LogP contribution is 2.25. The lowest BCUT2D eigenvalue weighted by molar-refractivity contribution is 0.0888. The third kappa shape index (κ3) is 7.82. The minimum atomic E-state index is 0.301. The molecule has 1 atom stereocenters. The quantitative estimate of drug-likeness (QED) is 0.335. The molecule has 2 fully saturated rings. The first-order valence-electron chi connectivity index (χ1n) is 11.1. The zero-order valence-corrected chi connectivity index (χ0v) is 17.7. The van der Waals surface area contributed by atoms with Crippen molar-refractivity contribution in [1.29, 1.82) is 0 Å². The Morgan fingerprint density at radius 2 is 2.17 bits per heavy atom. The van der Waals surface area contributed by atoms with Gasteiger partial charge in [0.25, 0.3) is 0 Å². The van der Waals surface area contributed by atoms with Crippen LogP contribution in [0.3, 0.4) is 0 Å². The monoisotopic (exact) mass is 404 g/mol. The van der Waals surface area contributed by atoms with E-state index in [1.54, 1.807) is 6.20 Å². The highest BCUT2D eigenvalue weighted by molar-refractivity contribution is 5.79. The van der Waals surface area contributed by atoms with Gasteiger partial charge in [0.15, 0.2) is 5.96 Å². The van der Waals surface area contributed by atoms with Gasteiger partial charge in [-0.15, -0.1) is 0 Å². The standard InChI is InChI=1S/C22H36N4O3/c1-2-23-22(25-12-6-13-27-16-18-10-14-28-17-18)26-15-19-7-5-11-24-21(19)29-20-8-3-4-9-20/h5,7,11,18,20H,2-4,6,8-10,12-17H2,1H3,(H2,23,25,26). The van der Waals surface area contributed by atoms with E-state index < -0.39 is 0 Å². The normalized spacial score (nSPS) is 20.2. The van der Waals surface area contributed by atoms with Crippen molar-refractivity contribution in [2.24, 2.45) is 10.9 Å². The summed E-state index contributed by atoms with van der Waals surface area (Å²) in [4.78, 5) is 9.15. The third-order valence-electron chi connectivity index (χ3n) is 5.32. The van der Waals surface area contributed by atoms with Gasteiger partial charge in [0.2, 0.25) is 5.88 Å². The number of pyridine rings is 1. The van der Waals surface area contributed by atoms with Crippen LogP contribution in [0.5, 0.6) is 5.88 Å². The number of aliphatic imine (C=N–C) groups is 1. The van der Waals surface area contributed by atoms with Crippen molar-refractivity contribution in [3.63, 3.8) is 0 Å². The molecule has 1 saturated heterocycles. The molecule has 1 saturated carbocycles. The molecule has 7 nitrogen and oxygen atoms in total. The number of rotatable bonds is 11. The second-order valence-electron chi connectivity index (χ2n) is 7.77. The van der Waals surface area contributed by atoms with Crippen molar-refractivity contribution in [3.8, 4) is 5.88 Å². The minimum Gasteiger partial charge on any atom is -0.474 e. The summed E-state index contributed by atoms with van der Waals surface area (Å²) in [6.45, 7) is 7.54. The van der Waals surface area contributed by atoms with E-state index in [4.69, 9.17) is 19.2 Å². The lowest BCUT2D eigenvalue weighted by Crippen LogP contribution is -2.38. The predicted molar refractivity (Wildman–Crippen MR) is 114 cm³/mol. The van der Waals surface area contributed by atoms with Crippen molar-refractivity contribution < 1.29 is 14.2 Å². The number of aromatic nitrogens is 1. The van der Waals surface area contributed by atoms with Gasteiger partial charge in [-0.25, -0.2) is 9.98 Å². The van der Waals surface area contributed by atoms with Crippen LogP contribution in [-0.2, 0) is 16.0 Å². The summed E-state index contributed by atoms with van der Waals surface area (Å²) < 4.78 is 17.3. The van der Waals surface area contributed by atoms with Gasteiger partial charge >= 0.3 is 0 Å². The summed E-state index contributed by atoms with van der Waals surface area (Å²) in [6, 6.07) is 3.99. The van der Waals surface area contributed by atoms with E-state index in [0.717, 1.165) is 82.6 Å². The van der Waals surface area contributed by atoms with Crippen LogP contribution >= 0.6 is 0 Å². The molecule has 0 radical (unpaired) electrons. The van der Waals surface area contributed by atoms with Gasteiger partial charge in [0, 0.05) is 44.0 Å². The smallest absolute Gasteiger partial charge is 0.218 e. The summed E-state index contributed by atoms with van der Waals surface area (Å²) in [6.07, 6.45) is 8.90. The Labute approximate surface area is 174 Å². The largest absolute Gasteiger partial charge is 0.474 e. The molecule has 2 N–H and O–H groups in total. The van der Waals surface area contributed by atoms with Crippen LogP contribution in [0.15, 0.2) is 23.3 Å². The summed E-state index contributed by atoms with van der Waals surface area (Å²) >= 11 is 0. The fourth-order valence-corrected chi connectivity index (χ4v) is 3.67. The second kappa shape index (κ2) is 12.6. The fourth-order valence-electron chi connectivity index (χ4n) is 3.67. The van der Waals surface area contributed by atoms with Crippen LogP contribution in [-0.4, -0.2) is 56.6 Å². The molecule has 2 aliphatic rings. The van der Waals surface area contributed by atoms with Gasteiger partial charge in [-0.05, 0) is 51.5 Å². The highest BCUT2D eigenvalue weighted by atomic mass is 16.5. The first-order chi connectivity index (χ1) is 14.3. The molecule has 1 aromatic heterocycles. The number of ether oxygens (including phenoxy) is 3. The van der Waals surface area contributed by atoms with Crippen molar-refractivity contribution in [3.05, 3.63) is 23.9 Å². The molecule has 2 heterocycles.